The normalized spacial score (nSPS) is 11.3. The third-order valence-electron chi connectivity index (χ3n) is 2.62. The summed E-state index contributed by atoms with van der Waals surface area (Å²) < 4.78 is 4.94. The van der Waals surface area contributed by atoms with Crippen molar-refractivity contribution in [1.82, 2.24) is 4.98 Å². The molecule has 0 aliphatic heterocycles. The van der Waals surface area contributed by atoms with Crippen molar-refractivity contribution in [2.75, 3.05) is 12.3 Å². The number of halogens is 2. The summed E-state index contributed by atoms with van der Waals surface area (Å²) in [4.78, 5) is 21.2. The SMILES string of the molecule is CCOC(=O)/C(=N\OCc1ccc(Cl)cc1Cl)c1csc(N)n1. The Hall–Kier alpha value is -1.83. The van der Waals surface area contributed by atoms with Crippen molar-refractivity contribution in [3.8, 4) is 0 Å². The fourth-order valence-electron chi connectivity index (χ4n) is 1.59. The lowest BCUT2D eigenvalue weighted by molar-refractivity contribution is -0.135. The molecule has 122 valence electrons. The zero-order valence-electron chi connectivity index (χ0n) is 12.1. The van der Waals surface area contributed by atoms with E-state index in [1.807, 2.05) is 0 Å². The lowest BCUT2D eigenvalue weighted by Crippen LogP contribution is -2.19. The van der Waals surface area contributed by atoms with E-state index in [9.17, 15) is 4.79 Å². The largest absolute Gasteiger partial charge is 0.461 e. The first-order chi connectivity index (χ1) is 11.0. The number of aromatic nitrogens is 1. The number of thiazole rings is 1. The van der Waals surface area contributed by atoms with E-state index in [-0.39, 0.29) is 18.9 Å². The Morgan fingerprint density at radius 3 is 2.83 bits per heavy atom. The van der Waals surface area contributed by atoms with Gasteiger partial charge in [0.05, 0.1) is 6.61 Å². The molecule has 0 atom stereocenters. The van der Waals surface area contributed by atoms with Gasteiger partial charge in [-0.2, -0.15) is 0 Å². The summed E-state index contributed by atoms with van der Waals surface area (Å²) in [6, 6.07) is 4.99. The Kier molecular flexibility index (Phi) is 6.20. The van der Waals surface area contributed by atoms with Crippen molar-refractivity contribution >= 4 is 51.4 Å². The van der Waals surface area contributed by atoms with Gasteiger partial charge in [-0.15, -0.1) is 11.3 Å². The third kappa shape index (κ3) is 4.82. The standard InChI is InChI=1S/C14H13Cl2N3O3S/c1-2-21-13(20)12(11-7-23-14(17)18-11)19-22-6-8-3-4-9(15)5-10(8)16/h3-5,7H,2,6H2,1H3,(H2,17,18)/b19-12-. The Bertz CT molecular complexity index is 734. The van der Waals surface area contributed by atoms with Gasteiger partial charge in [0, 0.05) is 21.0 Å². The van der Waals surface area contributed by atoms with Crippen molar-refractivity contribution < 1.29 is 14.4 Å². The van der Waals surface area contributed by atoms with E-state index in [0.717, 1.165) is 0 Å². The van der Waals surface area contributed by atoms with Crippen LogP contribution in [-0.4, -0.2) is 23.3 Å². The fourth-order valence-corrected chi connectivity index (χ4v) is 2.60. The van der Waals surface area contributed by atoms with Gasteiger partial charge in [-0.05, 0) is 19.1 Å². The number of oxime groups is 1. The second-order valence-electron chi connectivity index (χ2n) is 4.24. The Morgan fingerprint density at radius 1 is 1.43 bits per heavy atom. The van der Waals surface area contributed by atoms with Crippen molar-refractivity contribution in [2.24, 2.45) is 5.16 Å². The van der Waals surface area contributed by atoms with E-state index in [1.165, 1.54) is 11.3 Å². The van der Waals surface area contributed by atoms with Crippen LogP contribution >= 0.6 is 34.5 Å². The second-order valence-corrected chi connectivity index (χ2v) is 5.97. The van der Waals surface area contributed by atoms with Gasteiger partial charge < -0.3 is 15.3 Å². The van der Waals surface area contributed by atoms with Crippen molar-refractivity contribution in [1.29, 1.82) is 0 Å². The molecule has 0 radical (unpaired) electrons. The van der Waals surface area contributed by atoms with Crippen molar-refractivity contribution in [3.05, 3.63) is 44.9 Å². The number of rotatable bonds is 6. The molecule has 1 heterocycles. The molecule has 0 saturated heterocycles. The smallest absolute Gasteiger partial charge is 0.362 e. The predicted octanol–water partition coefficient (Wildman–Crippen LogP) is 3.52. The van der Waals surface area contributed by atoms with Crippen molar-refractivity contribution in [3.63, 3.8) is 0 Å². The van der Waals surface area contributed by atoms with Crippen LogP contribution in [-0.2, 0) is 21.0 Å². The highest BCUT2D eigenvalue weighted by Crippen LogP contribution is 2.21. The van der Waals surface area contributed by atoms with E-state index in [2.05, 4.69) is 10.1 Å². The summed E-state index contributed by atoms with van der Waals surface area (Å²) in [5, 5.41) is 6.71. The second kappa shape index (κ2) is 8.14. The van der Waals surface area contributed by atoms with Crippen LogP contribution < -0.4 is 5.73 Å². The van der Waals surface area contributed by atoms with Crippen LogP contribution in [0.3, 0.4) is 0 Å². The van der Waals surface area contributed by atoms with E-state index >= 15 is 0 Å². The molecule has 0 aliphatic carbocycles. The molecule has 0 bridgehead atoms. The highest BCUT2D eigenvalue weighted by atomic mass is 35.5. The number of hydrogen-bond donors (Lipinski definition) is 1. The zero-order valence-corrected chi connectivity index (χ0v) is 14.4. The van der Waals surface area contributed by atoms with Gasteiger partial charge in [0.15, 0.2) is 5.13 Å². The molecule has 0 saturated carbocycles. The molecule has 2 aromatic rings. The number of nitrogens with two attached hydrogens (primary N) is 1. The number of esters is 1. The molecule has 0 fully saturated rings. The van der Waals surface area contributed by atoms with Gasteiger partial charge in [-0.1, -0.05) is 34.4 Å². The molecule has 2 N–H and O–H groups in total. The number of carbonyl (C=O) groups excluding carboxylic acids is 1. The van der Waals surface area contributed by atoms with Crippen LogP contribution in [0.25, 0.3) is 0 Å². The molecular formula is C14H13Cl2N3O3S. The monoisotopic (exact) mass is 373 g/mol. The topological polar surface area (TPSA) is 86.8 Å². The maximum atomic E-state index is 12.0. The Balaban J connectivity index is 2.15. The molecule has 2 rings (SSSR count). The molecule has 0 aliphatic rings. The average molecular weight is 374 g/mol. The van der Waals surface area contributed by atoms with Crippen LogP contribution in [0.5, 0.6) is 0 Å². The summed E-state index contributed by atoms with van der Waals surface area (Å²) >= 11 is 13.1. The Labute approximate surface area is 146 Å². The number of hydrogen-bond acceptors (Lipinski definition) is 7. The number of benzene rings is 1. The van der Waals surface area contributed by atoms with Gasteiger partial charge in [0.2, 0.25) is 5.71 Å². The van der Waals surface area contributed by atoms with Gasteiger partial charge >= 0.3 is 5.97 Å². The predicted molar refractivity (Wildman–Crippen MR) is 90.9 cm³/mol. The van der Waals surface area contributed by atoms with Gasteiger partial charge in [-0.25, -0.2) is 9.78 Å². The van der Waals surface area contributed by atoms with Gasteiger partial charge in [-0.3, -0.25) is 0 Å². The van der Waals surface area contributed by atoms with Crippen LogP contribution in [0.4, 0.5) is 5.13 Å². The molecular weight excluding hydrogens is 361 g/mol. The number of nitrogen functional groups attached to an aromatic ring is 1. The van der Waals surface area contributed by atoms with E-state index < -0.39 is 5.97 Å². The molecule has 1 aromatic heterocycles. The molecule has 23 heavy (non-hydrogen) atoms. The highest BCUT2D eigenvalue weighted by molar-refractivity contribution is 7.13. The summed E-state index contributed by atoms with van der Waals surface area (Å²) in [5.74, 6) is -0.639. The summed E-state index contributed by atoms with van der Waals surface area (Å²) in [5.41, 5.74) is 6.50. The summed E-state index contributed by atoms with van der Waals surface area (Å²) in [7, 11) is 0. The first-order valence-electron chi connectivity index (χ1n) is 6.53. The minimum atomic E-state index is -0.639. The van der Waals surface area contributed by atoms with Crippen LogP contribution in [0, 0.1) is 0 Å². The first kappa shape index (κ1) is 17.5. The number of carbonyl (C=O) groups is 1. The van der Waals surface area contributed by atoms with Crippen LogP contribution in [0.2, 0.25) is 10.0 Å². The Morgan fingerprint density at radius 2 is 2.22 bits per heavy atom. The maximum absolute atomic E-state index is 12.0. The van der Waals surface area contributed by atoms with Crippen molar-refractivity contribution in [2.45, 2.75) is 13.5 Å². The van der Waals surface area contributed by atoms with Gasteiger partial charge in [0.1, 0.15) is 12.3 Å². The third-order valence-corrected chi connectivity index (χ3v) is 3.89. The summed E-state index contributed by atoms with van der Waals surface area (Å²) in [6.07, 6.45) is 0. The van der Waals surface area contributed by atoms with Gasteiger partial charge in [0.25, 0.3) is 0 Å². The maximum Gasteiger partial charge on any atom is 0.362 e. The molecule has 1 aromatic carbocycles. The first-order valence-corrected chi connectivity index (χ1v) is 8.17. The molecule has 6 nitrogen and oxygen atoms in total. The minimum absolute atomic E-state index is 0.0510. The summed E-state index contributed by atoms with van der Waals surface area (Å²) in [6.45, 7) is 1.97. The number of anilines is 1. The minimum Gasteiger partial charge on any atom is -0.461 e. The lowest BCUT2D eigenvalue weighted by atomic mass is 10.2. The number of nitrogens with zero attached hydrogens (tertiary/aromatic N) is 2. The fraction of sp³-hybridized carbons (Fsp3) is 0.214. The number of ether oxygens (including phenoxy) is 1. The van der Waals surface area contributed by atoms with Crippen LogP contribution in [0.1, 0.15) is 18.2 Å². The van der Waals surface area contributed by atoms with E-state index in [0.29, 0.717) is 26.4 Å². The molecule has 0 amide bonds. The molecule has 0 spiro atoms. The quantitative estimate of drug-likeness (QED) is 0.475. The zero-order chi connectivity index (χ0) is 16.8. The molecule has 0 unspecified atom stereocenters. The van der Waals surface area contributed by atoms with E-state index in [1.54, 1.807) is 30.5 Å². The van der Waals surface area contributed by atoms with Crippen LogP contribution in [0.15, 0.2) is 28.7 Å². The van der Waals surface area contributed by atoms with E-state index in [4.69, 9.17) is 38.5 Å². The lowest BCUT2D eigenvalue weighted by Gasteiger charge is -2.06. The highest BCUT2D eigenvalue weighted by Gasteiger charge is 2.19. The molecule has 9 heteroatoms. The average Bonchev–Trinajstić information content (AvgIpc) is 2.92.